The Morgan fingerprint density at radius 3 is 2.48 bits per heavy atom. The molecular formula is C20H15N7O2. The van der Waals surface area contributed by atoms with Gasteiger partial charge in [-0.3, -0.25) is 14.6 Å². The lowest BCUT2D eigenvalue weighted by Crippen LogP contribution is -2.17. The number of aromatic nitrogens is 6. The second-order valence-corrected chi connectivity index (χ2v) is 6.43. The SMILES string of the molecule is O=c1[nH]c(CNc2nc3c(cnn3-c3ccccc3)c(=O)[nH]2)nc2ccccc12. The number of hydrogen-bond acceptors (Lipinski definition) is 6. The summed E-state index contributed by atoms with van der Waals surface area (Å²) in [5.41, 5.74) is 1.31. The molecule has 3 heterocycles. The smallest absolute Gasteiger partial charge is 0.263 e. The van der Waals surface area contributed by atoms with Gasteiger partial charge in [0.05, 0.1) is 29.3 Å². The summed E-state index contributed by atoms with van der Waals surface area (Å²) in [6, 6.07) is 16.5. The minimum absolute atomic E-state index is 0.188. The fourth-order valence-corrected chi connectivity index (χ4v) is 3.15. The first-order chi connectivity index (χ1) is 14.2. The summed E-state index contributed by atoms with van der Waals surface area (Å²) in [6.07, 6.45) is 1.49. The van der Waals surface area contributed by atoms with Crippen LogP contribution >= 0.6 is 0 Å². The molecule has 142 valence electrons. The van der Waals surface area contributed by atoms with Crippen molar-refractivity contribution in [3.63, 3.8) is 0 Å². The molecule has 29 heavy (non-hydrogen) atoms. The first-order valence-corrected chi connectivity index (χ1v) is 8.94. The molecule has 0 saturated heterocycles. The van der Waals surface area contributed by atoms with E-state index in [-0.39, 0.29) is 23.6 Å². The highest BCUT2D eigenvalue weighted by Gasteiger charge is 2.12. The van der Waals surface area contributed by atoms with Crippen molar-refractivity contribution < 1.29 is 0 Å². The van der Waals surface area contributed by atoms with Gasteiger partial charge in [-0.25, -0.2) is 9.67 Å². The van der Waals surface area contributed by atoms with Gasteiger partial charge in [0, 0.05) is 0 Å². The Labute approximate surface area is 163 Å². The topological polar surface area (TPSA) is 121 Å². The number of anilines is 1. The van der Waals surface area contributed by atoms with E-state index in [2.05, 4.69) is 30.4 Å². The summed E-state index contributed by atoms with van der Waals surface area (Å²) in [5.74, 6) is 0.698. The van der Waals surface area contributed by atoms with Crippen LogP contribution in [-0.2, 0) is 6.54 Å². The quantitative estimate of drug-likeness (QED) is 0.435. The molecule has 0 amide bonds. The van der Waals surface area contributed by atoms with E-state index in [0.717, 1.165) is 5.69 Å². The van der Waals surface area contributed by atoms with Gasteiger partial charge in [-0.1, -0.05) is 30.3 Å². The van der Waals surface area contributed by atoms with Crippen LogP contribution < -0.4 is 16.4 Å². The van der Waals surface area contributed by atoms with Gasteiger partial charge in [-0.2, -0.15) is 10.1 Å². The first-order valence-electron chi connectivity index (χ1n) is 8.94. The molecule has 5 aromatic rings. The summed E-state index contributed by atoms with van der Waals surface area (Å²) in [4.78, 5) is 39.0. The van der Waals surface area contributed by atoms with Crippen LogP contribution in [0.25, 0.3) is 27.6 Å². The van der Waals surface area contributed by atoms with Crippen LogP contribution in [0.1, 0.15) is 5.82 Å². The van der Waals surface area contributed by atoms with Crippen molar-refractivity contribution in [2.24, 2.45) is 0 Å². The van der Waals surface area contributed by atoms with E-state index in [1.807, 2.05) is 36.4 Å². The average Bonchev–Trinajstić information content (AvgIpc) is 3.18. The first kappa shape index (κ1) is 16.9. The van der Waals surface area contributed by atoms with Crippen molar-refractivity contribution in [1.29, 1.82) is 0 Å². The van der Waals surface area contributed by atoms with Gasteiger partial charge in [0.1, 0.15) is 11.2 Å². The van der Waals surface area contributed by atoms with Crippen LogP contribution in [0.5, 0.6) is 0 Å². The van der Waals surface area contributed by atoms with Crippen LogP contribution in [0, 0.1) is 0 Å². The van der Waals surface area contributed by atoms with Crippen LogP contribution in [0.2, 0.25) is 0 Å². The molecule has 0 bridgehead atoms. The maximum Gasteiger partial charge on any atom is 0.263 e. The minimum Gasteiger partial charge on any atom is -0.348 e. The highest BCUT2D eigenvalue weighted by atomic mass is 16.1. The van der Waals surface area contributed by atoms with Crippen molar-refractivity contribution in [3.8, 4) is 5.69 Å². The van der Waals surface area contributed by atoms with E-state index in [9.17, 15) is 9.59 Å². The Bertz CT molecular complexity index is 1450. The molecule has 0 aliphatic rings. The van der Waals surface area contributed by atoms with Gasteiger partial charge < -0.3 is 10.3 Å². The van der Waals surface area contributed by atoms with Crippen molar-refractivity contribution in [2.75, 3.05) is 5.32 Å². The number of rotatable bonds is 4. The fourth-order valence-electron chi connectivity index (χ4n) is 3.15. The predicted octanol–water partition coefficient (Wildman–Crippen LogP) is 1.96. The summed E-state index contributed by atoms with van der Waals surface area (Å²) < 4.78 is 1.60. The zero-order valence-electron chi connectivity index (χ0n) is 15.1. The molecule has 5 rings (SSSR count). The number of hydrogen-bond donors (Lipinski definition) is 3. The number of aromatic amines is 2. The fraction of sp³-hybridized carbons (Fsp3) is 0.0500. The molecule has 0 aliphatic heterocycles. The maximum absolute atomic E-state index is 12.4. The third kappa shape index (κ3) is 3.04. The molecule has 3 aromatic heterocycles. The number of fused-ring (bicyclic) bond motifs is 2. The lowest BCUT2D eigenvalue weighted by Gasteiger charge is -2.07. The second-order valence-electron chi connectivity index (χ2n) is 6.43. The summed E-state index contributed by atoms with van der Waals surface area (Å²) in [6.45, 7) is 0.188. The van der Waals surface area contributed by atoms with Crippen LogP contribution in [-0.4, -0.2) is 29.7 Å². The van der Waals surface area contributed by atoms with Gasteiger partial charge in [0.15, 0.2) is 5.65 Å². The highest BCUT2D eigenvalue weighted by molar-refractivity contribution is 5.77. The minimum atomic E-state index is -0.306. The van der Waals surface area contributed by atoms with Crippen molar-refractivity contribution in [2.45, 2.75) is 6.54 Å². The molecule has 0 unspecified atom stereocenters. The number of para-hydroxylation sites is 2. The molecule has 0 aliphatic carbocycles. The van der Waals surface area contributed by atoms with Crippen LogP contribution in [0.3, 0.4) is 0 Å². The standard InChI is InChI=1S/C20H15N7O2/c28-18-13-8-4-5-9-15(13)23-16(24-18)11-21-20-25-17-14(19(29)26-20)10-22-27(17)12-6-2-1-3-7-12/h1-10H,11H2,(H,23,24,28)(H2,21,25,26,29). The molecule has 9 nitrogen and oxygen atoms in total. The summed E-state index contributed by atoms with van der Waals surface area (Å²) >= 11 is 0. The normalized spacial score (nSPS) is 11.2. The Balaban J connectivity index is 1.50. The number of nitrogens with zero attached hydrogens (tertiary/aromatic N) is 4. The van der Waals surface area contributed by atoms with Gasteiger partial charge >= 0.3 is 0 Å². The molecule has 0 radical (unpaired) electrons. The monoisotopic (exact) mass is 385 g/mol. The van der Waals surface area contributed by atoms with E-state index in [1.54, 1.807) is 22.9 Å². The third-order valence-electron chi connectivity index (χ3n) is 4.52. The lowest BCUT2D eigenvalue weighted by molar-refractivity contribution is 0.889. The van der Waals surface area contributed by atoms with E-state index in [0.29, 0.717) is 27.8 Å². The average molecular weight is 385 g/mol. The van der Waals surface area contributed by atoms with Crippen molar-refractivity contribution >= 4 is 27.9 Å². The Morgan fingerprint density at radius 2 is 1.62 bits per heavy atom. The van der Waals surface area contributed by atoms with Crippen molar-refractivity contribution in [1.82, 2.24) is 29.7 Å². The van der Waals surface area contributed by atoms with Gasteiger partial charge in [0.25, 0.3) is 11.1 Å². The maximum atomic E-state index is 12.4. The third-order valence-corrected chi connectivity index (χ3v) is 4.52. The van der Waals surface area contributed by atoms with Crippen molar-refractivity contribution in [3.05, 3.63) is 87.3 Å². The van der Waals surface area contributed by atoms with E-state index in [4.69, 9.17) is 0 Å². The molecule has 0 atom stereocenters. The Kier molecular flexibility index (Phi) is 3.91. The van der Waals surface area contributed by atoms with Gasteiger partial charge in [-0.05, 0) is 24.3 Å². The molecule has 3 N–H and O–H groups in total. The Hall–Kier alpha value is -4.27. The number of benzene rings is 2. The molecule has 0 spiro atoms. The van der Waals surface area contributed by atoms with E-state index >= 15 is 0 Å². The van der Waals surface area contributed by atoms with E-state index in [1.165, 1.54) is 6.20 Å². The Morgan fingerprint density at radius 1 is 0.862 bits per heavy atom. The zero-order valence-corrected chi connectivity index (χ0v) is 15.1. The number of H-pyrrole nitrogens is 2. The van der Waals surface area contributed by atoms with Gasteiger partial charge in [0.2, 0.25) is 5.95 Å². The lowest BCUT2D eigenvalue weighted by atomic mass is 10.2. The van der Waals surface area contributed by atoms with Crippen LogP contribution in [0.15, 0.2) is 70.4 Å². The summed E-state index contributed by atoms with van der Waals surface area (Å²) in [5, 5.41) is 8.20. The van der Waals surface area contributed by atoms with Crippen LogP contribution in [0.4, 0.5) is 5.95 Å². The number of nitrogens with one attached hydrogen (secondary N) is 3. The summed E-state index contributed by atoms with van der Waals surface area (Å²) in [7, 11) is 0. The second kappa shape index (κ2) is 6.71. The molecular weight excluding hydrogens is 370 g/mol. The molecule has 9 heteroatoms. The largest absolute Gasteiger partial charge is 0.348 e. The predicted molar refractivity (Wildman–Crippen MR) is 109 cm³/mol. The zero-order chi connectivity index (χ0) is 19.8. The molecule has 0 fully saturated rings. The van der Waals surface area contributed by atoms with E-state index < -0.39 is 0 Å². The molecule has 2 aromatic carbocycles. The molecule has 0 saturated carbocycles. The highest BCUT2D eigenvalue weighted by Crippen LogP contribution is 2.14. The van der Waals surface area contributed by atoms with Gasteiger partial charge in [-0.15, -0.1) is 0 Å².